The van der Waals surface area contributed by atoms with Crippen molar-refractivity contribution in [2.75, 3.05) is 0 Å². The summed E-state index contributed by atoms with van der Waals surface area (Å²) in [4.78, 5) is 23.4. The molecule has 1 aliphatic rings. The first-order valence-electron chi connectivity index (χ1n) is 6.09. The van der Waals surface area contributed by atoms with Gasteiger partial charge in [0.15, 0.2) is 0 Å². The van der Waals surface area contributed by atoms with Gasteiger partial charge >= 0.3 is 5.97 Å². The van der Waals surface area contributed by atoms with Gasteiger partial charge in [-0.2, -0.15) is 0 Å². The van der Waals surface area contributed by atoms with Gasteiger partial charge in [0, 0.05) is 11.8 Å². The predicted molar refractivity (Wildman–Crippen MR) is 62.0 cm³/mol. The number of rotatable bonds is 5. The van der Waals surface area contributed by atoms with E-state index >= 15 is 0 Å². The van der Waals surface area contributed by atoms with Crippen molar-refractivity contribution in [1.82, 2.24) is 0 Å². The van der Waals surface area contributed by atoms with Crippen LogP contribution in [0.2, 0.25) is 0 Å². The van der Waals surface area contributed by atoms with Crippen LogP contribution in [0, 0.1) is 11.8 Å². The van der Waals surface area contributed by atoms with E-state index in [-0.39, 0.29) is 30.0 Å². The Morgan fingerprint density at radius 2 is 1.88 bits per heavy atom. The number of esters is 1. The molecule has 0 spiro atoms. The Hall–Kier alpha value is -0.860. The number of ether oxygens (including phenoxy) is 1. The van der Waals surface area contributed by atoms with Crippen molar-refractivity contribution in [1.29, 1.82) is 0 Å². The monoisotopic (exact) mass is 226 g/mol. The number of carbonyl (C=O) groups excluding carboxylic acids is 2. The van der Waals surface area contributed by atoms with Crippen LogP contribution in [0.1, 0.15) is 53.4 Å². The van der Waals surface area contributed by atoms with Crippen molar-refractivity contribution >= 4 is 11.8 Å². The minimum absolute atomic E-state index is 0.137. The van der Waals surface area contributed by atoms with E-state index in [2.05, 4.69) is 0 Å². The third kappa shape index (κ3) is 4.33. The van der Waals surface area contributed by atoms with E-state index in [0.29, 0.717) is 0 Å². The highest BCUT2D eigenvalue weighted by atomic mass is 16.6. The zero-order valence-corrected chi connectivity index (χ0v) is 10.7. The Kier molecular flexibility index (Phi) is 4.11. The molecular weight excluding hydrogens is 204 g/mol. The lowest BCUT2D eigenvalue weighted by molar-refractivity contribution is -0.157. The highest BCUT2D eigenvalue weighted by molar-refractivity contribution is 5.88. The Bertz CT molecular complexity index is 271. The normalized spacial score (nSPS) is 18.0. The summed E-state index contributed by atoms with van der Waals surface area (Å²) in [5.41, 5.74) is -0.460. The third-order valence-corrected chi connectivity index (χ3v) is 2.71. The van der Waals surface area contributed by atoms with Crippen LogP contribution in [0.3, 0.4) is 0 Å². The molecular formula is C13H22O3. The Morgan fingerprint density at radius 3 is 2.25 bits per heavy atom. The Morgan fingerprint density at radius 1 is 1.31 bits per heavy atom. The van der Waals surface area contributed by atoms with Crippen LogP contribution in [-0.4, -0.2) is 17.4 Å². The second-order valence-electron chi connectivity index (χ2n) is 5.57. The van der Waals surface area contributed by atoms with Gasteiger partial charge in [0.05, 0.1) is 6.42 Å². The summed E-state index contributed by atoms with van der Waals surface area (Å²) < 4.78 is 5.23. The largest absolute Gasteiger partial charge is 0.460 e. The smallest absolute Gasteiger partial charge is 0.307 e. The lowest BCUT2D eigenvalue weighted by Gasteiger charge is -2.21. The zero-order valence-electron chi connectivity index (χ0n) is 10.7. The average Bonchev–Trinajstić information content (AvgIpc) is 2.93. The number of Topliss-reactive ketones (excluding diaryl/α,β-unsaturated/α-hetero) is 1. The Labute approximate surface area is 97.5 Å². The lowest BCUT2D eigenvalue weighted by Crippen LogP contribution is -2.27. The van der Waals surface area contributed by atoms with E-state index in [9.17, 15) is 9.59 Å². The molecule has 1 fully saturated rings. The van der Waals surface area contributed by atoms with Crippen LogP contribution >= 0.6 is 0 Å². The molecule has 16 heavy (non-hydrogen) atoms. The summed E-state index contributed by atoms with van der Waals surface area (Å²) in [7, 11) is 0. The van der Waals surface area contributed by atoms with Crippen molar-refractivity contribution < 1.29 is 14.3 Å². The van der Waals surface area contributed by atoms with Crippen LogP contribution < -0.4 is 0 Å². The first-order chi connectivity index (χ1) is 7.33. The van der Waals surface area contributed by atoms with E-state index in [4.69, 9.17) is 4.74 Å². The van der Waals surface area contributed by atoms with E-state index in [0.717, 1.165) is 19.3 Å². The van der Waals surface area contributed by atoms with Gasteiger partial charge in [-0.1, -0.05) is 6.92 Å². The first-order valence-corrected chi connectivity index (χ1v) is 6.09. The van der Waals surface area contributed by atoms with Gasteiger partial charge < -0.3 is 4.74 Å². The van der Waals surface area contributed by atoms with Crippen molar-refractivity contribution in [3.05, 3.63) is 0 Å². The summed E-state index contributed by atoms with van der Waals surface area (Å²) in [6.45, 7) is 7.48. The molecule has 0 aliphatic heterocycles. The van der Waals surface area contributed by atoms with Crippen LogP contribution in [0.5, 0.6) is 0 Å². The topological polar surface area (TPSA) is 43.4 Å². The molecule has 1 aliphatic carbocycles. The molecule has 0 aromatic carbocycles. The predicted octanol–water partition coefficient (Wildman–Crippen LogP) is 2.72. The zero-order chi connectivity index (χ0) is 12.3. The summed E-state index contributed by atoms with van der Waals surface area (Å²) in [6, 6.07) is 0. The molecule has 0 saturated heterocycles. The summed E-state index contributed by atoms with van der Waals surface area (Å²) in [6.07, 6.45) is 2.98. The van der Waals surface area contributed by atoms with Crippen molar-refractivity contribution in [3.8, 4) is 0 Å². The summed E-state index contributed by atoms with van der Waals surface area (Å²) >= 11 is 0. The molecule has 92 valence electrons. The van der Waals surface area contributed by atoms with Crippen LogP contribution in [0.25, 0.3) is 0 Å². The fourth-order valence-electron chi connectivity index (χ4n) is 1.73. The second-order valence-corrected chi connectivity index (χ2v) is 5.57. The molecule has 1 rings (SSSR count). The van der Waals surface area contributed by atoms with Gasteiger partial charge in [0.25, 0.3) is 0 Å². The molecule has 1 saturated carbocycles. The van der Waals surface area contributed by atoms with Gasteiger partial charge in [-0.25, -0.2) is 0 Å². The quantitative estimate of drug-likeness (QED) is 0.677. The number of ketones is 1. The highest BCUT2D eigenvalue weighted by Crippen LogP contribution is 2.34. The molecule has 0 unspecified atom stereocenters. The molecule has 0 N–H and O–H groups in total. The minimum Gasteiger partial charge on any atom is -0.460 e. The minimum atomic E-state index is -0.460. The maximum Gasteiger partial charge on any atom is 0.307 e. The van der Waals surface area contributed by atoms with E-state index < -0.39 is 5.60 Å². The third-order valence-electron chi connectivity index (χ3n) is 2.71. The number of hydrogen-bond acceptors (Lipinski definition) is 3. The molecule has 0 amide bonds. The molecule has 3 heteroatoms. The number of hydrogen-bond donors (Lipinski definition) is 0. The van der Waals surface area contributed by atoms with Crippen LogP contribution in [0.15, 0.2) is 0 Å². The highest BCUT2D eigenvalue weighted by Gasteiger charge is 2.35. The standard InChI is InChI=1S/C13H22O3/c1-5-9(12(15)10-6-7-10)8-11(14)16-13(2,3)4/h9-10H,5-8H2,1-4H3/t9-/m1/s1. The van der Waals surface area contributed by atoms with E-state index in [1.807, 2.05) is 27.7 Å². The van der Waals surface area contributed by atoms with Gasteiger partial charge in [0.2, 0.25) is 0 Å². The van der Waals surface area contributed by atoms with Crippen molar-refractivity contribution in [2.45, 2.75) is 59.0 Å². The van der Waals surface area contributed by atoms with Crippen LogP contribution in [0.4, 0.5) is 0 Å². The molecule has 0 aromatic rings. The molecule has 0 heterocycles. The van der Waals surface area contributed by atoms with Gasteiger partial charge in [0.1, 0.15) is 11.4 Å². The molecule has 0 aromatic heterocycles. The summed E-state index contributed by atoms with van der Waals surface area (Å²) in [5.74, 6) is 0.0939. The SMILES string of the molecule is CC[C@H](CC(=O)OC(C)(C)C)C(=O)C1CC1. The maximum atomic E-state index is 11.8. The van der Waals surface area contributed by atoms with E-state index in [1.165, 1.54) is 0 Å². The fraction of sp³-hybridized carbons (Fsp3) is 0.846. The number of carbonyl (C=O) groups is 2. The maximum absolute atomic E-state index is 11.8. The van der Waals surface area contributed by atoms with Crippen molar-refractivity contribution in [2.24, 2.45) is 11.8 Å². The second kappa shape index (κ2) is 4.98. The molecule has 0 bridgehead atoms. The lowest BCUT2D eigenvalue weighted by atomic mass is 9.94. The Balaban J connectivity index is 2.43. The van der Waals surface area contributed by atoms with E-state index in [1.54, 1.807) is 0 Å². The fourth-order valence-corrected chi connectivity index (χ4v) is 1.73. The molecule has 1 atom stereocenters. The summed E-state index contributed by atoms with van der Waals surface area (Å²) in [5, 5.41) is 0. The molecule has 0 radical (unpaired) electrons. The van der Waals surface area contributed by atoms with Crippen LogP contribution in [-0.2, 0) is 14.3 Å². The van der Waals surface area contributed by atoms with Crippen molar-refractivity contribution in [3.63, 3.8) is 0 Å². The first kappa shape index (κ1) is 13.2. The van der Waals surface area contributed by atoms with Gasteiger partial charge in [-0.15, -0.1) is 0 Å². The van der Waals surface area contributed by atoms with Gasteiger partial charge in [-0.05, 0) is 40.0 Å². The van der Waals surface area contributed by atoms with Gasteiger partial charge in [-0.3, -0.25) is 9.59 Å². The average molecular weight is 226 g/mol. The molecule has 3 nitrogen and oxygen atoms in total.